The van der Waals surface area contributed by atoms with E-state index in [1.165, 1.54) is 27.1 Å². The summed E-state index contributed by atoms with van der Waals surface area (Å²) in [6, 6.07) is 38.4. The summed E-state index contributed by atoms with van der Waals surface area (Å²) in [4.78, 5) is 0. The quantitative estimate of drug-likeness (QED) is 0.274. The van der Waals surface area contributed by atoms with Crippen molar-refractivity contribution in [2.75, 3.05) is 0 Å². The van der Waals surface area contributed by atoms with Gasteiger partial charge in [-0.3, -0.25) is 0 Å². The fourth-order valence-electron chi connectivity index (χ4n) is 4.41. The molecule has 0 N–H and O–H groups in total. The van der Waals surface area contributed by atoms with Crippen LogP contribution in [0.15, 0.2) is 109 Å². The molecule has 6 aromatic rings. The molecule has 0 aliphatic carbocycles. The predicted octanol–water partition coefficient (Wildman–Crippen LogP) is 8.26. The molecule has 1 aromatic heterocycles. The van der Waals surface area contributed by atoms with Gasteiger partial charge in [0.2, 0.25) is 0 Å². The van der Waals surface area contributed by atoms with Crippen molar-refractivity contribution < 1.29 is 0 Å². The molecule has 6 rings (SSSR count). The molecular weight excluding hydrogens is 386 g/mol. The van der Waals surface area contributed by atoms with Crippen molar-refractivity contribution in [2.45, 2.75) is 0 Å². The Morgan fingerprint density at radius 3 is 1.80 bits per heavy atom. The number of fused-ring (bicyclic) bond motifs is 4. The van der Waals surface area contributed by atoms with E-state index in [2.05, 4.69) is 108 Å². The maximum Gasteiger partial charge on any atom is 0.0654 e. The number of nitrogens with zero attached hydrogens (tertiary/aromatic N) is 1. The maximum atomic E-state index is 6.75. The van der Waals surface area contributed by atoms with E-state index in [4.69, 9.17) is 11.6 Å². The first-order chi connectivity index (χ1) is 14.8. The van der Waals surface area contributed by atoms with Crippen molar-refractivity contribution in [3.8, 4) is 16.8 Å². The van der Waals surface area contributed by atoms with Gasteiger partial charge in [-0.2, -0.15) is 0 Å². The van der Waals surface area contributed by atoms with E-state index in [0.717, 1.165) is 27.3 Å². The first kappa shape index (κ1) is 17.3. The number of rotatable bonds is 2. The number of hydrogen-bond acceptors (Lipinski definition) is 0. The van der Waals surface area contributed by atoms with E-state index >= 15 is 0 Å². The highest BCUT2D eigenvalue weighted by molar-refractivity contribution is 6.32. The molecule has 1 nitrogen and oxygen atoms in total. The van der Waals surface area contributed by atoms with Crippen molar-refractivity contribution in [2.24, 2.45) is 0 Å². The number of aromatic nitrogens is 1. The zero-order chi connectivity index (χ0) is 20.1. The van der Waals surface area contributed by atoms with Crippen molar-refractivity contribution in [3.63, 3.8) is 0 Å². The lowest BCUT2D eigenvalue weighted by Gasteiger charge is -2.13. The summed E-state index contributed by atoms with van der Waals surface area (Å²) in [6.07, 6.45) is 0. The fourth-order valence-corrected chi connectivity index (χ4v) is 4.62. The maximum absolute atomic E-state index is 6.75. The molecule has 0 bridgehead atoms. The van der Waals surface area contributed by atoms with Crippen LogP contribution in [-0.4, -0.2) is 4.57 Å². The third-order valence-corrected chi connectivity index (χ3v) is 6.17. The molecule has 0 unspecified atom stereocenters. The van der Waals surface area contributed by atoms with E-state index in [9.17, 15) is 0 Å². The van der Waals surface area contributed by atoms with Gasteiger partial charge in [-0.25, -0.2) is 0 Å². The molecule has 0 amide bonds. The molecule has 5 aromatic carbocycles. The minimum atomic E-state index is 0.742. The van der Waals surface area contributed by atoms with E-state index in [1.807, 2.05) is 6.07 Å². The number of benzene rings is 5. The Hall–Kier alpha value is -3.55. The van der Waals surface area contributed by atoms with E-state index < -0.39 is 0 Å². The summed E-state index contributed by atoms with van der Waals surface area (Å²) in [7, 11) is 0. The first-order valence-electron chi connectivity index (χ1n) is 10.1. The number of hydrogen-bond donors (Lipinski definition) is 0. The van der Waals surface area contributed by atoms with Crippen LogP contribution in [0.1, 0.15) is 0 Å². The molecule has 0 aliphatic heterocycles. The Kier molecular flexibility index (Phi) is 3.90. The van der Waals surface area contributed by atoms with E-state index in [0.29, 0.717) is 0 Å². The van der Waals surface area contributed by atoms with E-state index in [-0.39, 0.29) is 0 Å². The SMILES string of the molecule is Clc1ccc(-c2ccc3ccccc3c2)cc1-n1c2ccccc2c2ccccc21. The van der Waals surface area contributed by atoms with Gasteiger partial charge in [0.15, 0.2) is 0 Å². The van der Waals surface area contributed by atoms with Crippen molar-refractivity contribution >= 4 is 44.2 Å². The lowest BCUT2D eigenvalue weighted by atomic mass is 10.0. The first-order valence-corrected chi connectivity index (χ1v) is 10.4. The van der Waals surface area contributed by atoms with Gasteiger partial charge in [0.25, 0.3) is 0 Å². The highest BCUT2D eigenvalue weighted by atomic mass is 35.5. The normalized spacial score (nSPS) is 11.5. The lowest BCUT2D eigenvalue weighted by Crippen LogP contribution is -1.95. The van der Waals surface area contributed by atoms with Crippen LogP contribution in [-0.2, 0) is 0 Å². The molecule has 0 fully saturated rings. The second kappa shape index (κ2) is 6.76. The molecular formula is C28H18ClN. The zero-order valence-corrected chi connectivity index (χ0v) is 17.0. The van der Waals surface area contributed by atoms with Gasteiger partial charge in [0.1, 0.15) is 0 Å². The Morgan fingerprint density at radius 2 is 1.07 bits per heavy atom. The fraction of sp³-hybridized carbons (Fsp3) is 0. The summed E-state index contributed by atoms with van der Waals surface area (Å²) in [5.41, 5.74) is 5.67. The van der Waals surface area contributed by atoms with Crippen LogP contribution in [0.3, 0.4) is 0 Å². The standard InChI is InChI=1S/C28H18ClN/c29-25-16-15-22(21-14-13-19-7-1-2-8-20(19)17-21)18-28(25)30-26-11-5-3-9-23(26)24-10-4-6-12-27(24)30/h1-18H. The highest BCUT2D eigenvalue weighted by Gasteiger charge is 2.14. The Morgan fingerprint density at radius 1 is 0.500 bits per heavy atom. The van der Waals surface area contributed by atoms with Crippen LogP contribution in [0, 0.1) is 0 Å². The average molecular weight is 404 g/mol. The summed E-state index contributed by atoms with van der Waals surface area (Å²) in [5.74, 6) is 0. The molecule has 2 heteroatoms. The van der Waals surface area contributed by atoms with E-state index in [1.54, 1.807) is 0 Å². The third-order valence-electron chi connectivity index (χ3n) is 5.85. The van der Waals surface area contributed by atoms with Crippen molar-refractivity contribution in [1.82, 2.24) is 4.57 Å². The minimum absolute atomic E-state index is 0.742. The molecule has 142 valence electrons. The number of para-hydroxylation sites is 2. The van der Waals surface area contributed by atoms with Crippen LogP contribution in [0.25, 0.3) is 49.4 Å². The van der Waals surface area contributed by atoms with Crippen molar-refractivity contribution in [3.05, 3.63) is 114 Å². The van der Waals surface area contributed by atoms with Gasteiger partial charge >= 0.3 is 0 Å². The van der Waals surface area contributed by atoms with Crippen molar-refractivity contribution in [1.29, 1.82) is 0 Å². The smallest absolute Gasteiger partial charge is 0.0654 e. The largest absolute Gasteiger partial charge is 0.308 e. The van der Waals surface area contributed by atoms with Crippen LogP contribution >= 0.6 is 11.6 Å². The second-order valence-electron chi connectivity index (χ2n) is 7.60. The average Bonchev–Trinajstić information content (AvgIpc) is 3.13. The van der Waals surface area contributed by atoms with Gasteiger partial charge in [0, 0.05) is 10.8 Å². The van der Waals surface area contributed by atoms with Gasteiger partial charge in [-0.05, 0) is 52.2 Å². The molecule has 30 heavy (non-hydrogen) atoms. The summed E-state index contributed by atoms with van der Waals surface area (Å²) < 4.78 is 2.28. The summed E-state index contributed by atoms with van der Waals surface area (Å²) in [6.45, 7) is 0. The molecule has 0 atom stereocenters. The monoisotopic (exact) mass is 403 g/mol. The molecule has 0 radical (unpaired) electrons. The zero-order valence-electron chi connectivity index (χ0n) is 16.2. The Balaban J connectivity index is 1.62. The molecule has 1 heterocycles. The van der Waals surface area contributed by atoms with Gasteiger partial charge in [-0.1, -0.05) is 90.5 Å². The highest BCUT2D eigenvalue weighted by Crippen LogP contribution is 2.36. The second-order valence-corrected chi connectivity index (χ2v) is 8.01. The third kappa shape index (κ3) is 2.63. The van der Waals surface area contributed by atoms with Crippen LogP contribution in [0.2, 0.25) is 5.02 Å². The van der Waals surface area contributed by atoms with Crippen LogP contribution < -0.4 is 0 Å². The predicted molar refractivity (Wildman–Crippen MR) is 129 cm³/mol. The molecule has 0 saturated carbocycles. The van der Waals surface area contributed by atoms with Crippen LogP contribution in [0.4, 0.5) is 0 Å². The lowest BCUT2D eigenvalue weighted by molar-refractivity contribution is 1.18. The minimum Gasteiger partial charge on any atom is -0.308 e. The van der Waals surface area contributed by atoms with Gasteiger partial charge in [0.05, 0.1) is 21.7 Å². The summed E-state index contributed by atoms with van der Waals surface area (Å²) >= 11 is 6.75. The number of halogens is 1. The Labute approximate surface area is 179 Å². The van der Waals surface area contributed by atoms with Gasteiger partial charge < -0.3 is 4.57 Å². The topological polar surface area (TPSA) is 4.93 Å². The molecule has 0 spiro atoms. The summed E-state index contributed by atoms with van der Waals surface area (Å²) in [5, 5.41) is 5.70. The van der Waals surface area contributed by atoms with Crippen LogP contribution in [0.5, 0.6) is 0 Å². The Bertz CT molecular complexity index is 1500. The van der Waals surface area contributed by atoms with Gasteiger partial charge in [-0.15, -0.1) is 0 Å². The molecule has 0 aliphatic rings. The molecule has 0 saturated heterocycles.